The molecule has 140 valence electrons. The van der Waals surface area contributed by atoms with Crippen LogP contribution < -0.4 is 78.8 Å². The summed E-state index contributed by atoms with van der Waals surface area (Å²) < 4.78 is 10.1. The van der Waals surface area contributed by atoms with E-state index >= 15 is 0 Å². The number of benzene rings is 2. The molecule has 7 heteroatoms. The molecular weight excluding hydrogens is 390 g/mol. The van der Waals surface area contributed by atoms with Crippen LogP contribution in [0.3, 0.4) is 0 Å². The first-order valence-electron chi connectivity index (χ1n) is 8.67. The van der Waals surface area contributed by atoms with Crippen molar-refractivity contribution >= 4 is 17.9 Å². The molecule has 2 aromatic rings. The Kier molecular flexibility index (Phi) is 10.5. The van der Waals surface area contributed by atoms with Gasteiger partial charge in [-0.15, -0.1) is 0 Å². The summed E-state index contributed by atoms with van der Waals surface area (Å²) in [5.74, 6) is 0.120. The van der Waals surface area contributed by atoms with Crippen LogP contribution in [0.4, 0.5) is 0 Å². The van der Waals surface area contributed by atoms with Gasteiger partial charge in [0.15, 0.2) is 5.78 Å². The molecule has 1 aliphatic rings. The average Bonchev–Trinajstić information content (AvgIpc) is 2.67. The number of carbonyl (C=O) groups excluding carboxylic acids is 1. The quantitative estimate of drug-likeness (QED) is 0.399. The monoisotopic (exact) mass is 410 g/mol. The van der Waals surface area contributed by atoms with Crippen LogP contribution in [-0.2, 0) is 4.79 Å². The predicted octanol–water partition coefficient (Wildman–Crippen LogP) is -2.92. The molecule has 0 heterocycles. The van der Waals surface area contributed by atoms with E-state index in [0.717, 1.165) is 17.5 Å². The molecule has 0 atom stereocenters. The fraction of sp³-hybridized carbons (Fsp3) is 0.227. The molecule has 0 spiro atoms. The molecule has 0 amide bonds. The van der Waals surface area contributed by atoms with Gasteiger partial charge in [0, 0.05) is 11.1 Å². The third-order valence-corrected chi connectivity index (χ3v) is 4.53. The van der Waals surface area contributed by atoms with Crippen molar-refractivity contribution in [1.29, 1.82) is 0 Å². The summed E-state index contributed by atoms with van der Waals surface area (Å²) in [6.45, 7) is 0. The summed E-state index contributed by atoms with van der Waals surface area (Å²) in [6, 6.07) is 9.51. The Labute approximate surface area is 215 Å². The maximum atomic E-state index is 12.9. The first kappa shape index (κ1) is 25.8. The van der Waals surface area contributed by atoms with Gasteiger partial charge in [0.25, 0.3) is 0 Å². The Hall–Kier alpha value is -1.21. The first-order valence-corrected chi connectivity index (χ1v) is 8.67. The summed E-state index contributed by atoms with van der Waals surface area (Å²) in [5.41, 5.74) is 2.91. The molecule has 3 rings (SSSR count). The second-order valence-electron chi connectivity index (χ2n) is 6.34. The van der Waals surface area contributed by atoms with Crippen molar-refractivity contribution in [3.8, 4) is 23.0 Å². The Morgan fingerprint density at radius 2 is 1.21 bits per heavy atom. The van der Waals surface area contributed by atoms with E-state index in [0.29, 0.717) is 24.0 Å². The van der Waals surface area contributed by atoms with Gasteiger partial charge in [-0.05, 0) is 54.7 Å². The molecule has 1 fully saturated rings. The molecule has 0 saturated heterocycles. The minimum atomic E-state index is -0.189. The van der Waals surface area contributed by atoms with E-state index in [2.05, 4.69) is 0 Å². The smallest absolute Gasteiger partial charge is 0.870 e. The fourth-order valence-corrected chi connectivity index (χ4v) is 3.13. The molecule has 5 nitrogen and oxygen atoms in total. The SMILES string of the molecule is COc1cc(C=C2CCCC(=Cc3ccc([O-])c(OC)c3)C2=O)ccc1[O-].[Na+].[Na+]. The number of methoxy groups -OCH3 is 2. The van der Waals surface area contributed by atoms with E-state index in [9.17, 15) is 15.0 Å². The number of allylic oxidation sites excluding steroid dienone is 2. The zero-order valence-electron chi connectivity index (χ0n) is 17.3. The number of rotatable bonds is 4. The number of Topliss-reactive ketones (excluding diaryl/α,β-unsaturated/α-hetero) is 1. The van der Waals surface area contributed by atoms with Crippen LogP contribution >= 0.6 is 0 Å². The Morgan fingerprint density at radius 3 is 1.59 bits per heavy atom. The minimum absolute atomic E-state index is 0. The van der Waals surface area contributed by atoms with Crippen LogP contribution in [0.25, 0.3) is 12.2 Å². The number of ether oxygens (including phenoxy) is 2. The Morgan fingerprint density at radius 1 is 0.793 bits per heavy atom. The van der Waals surface area contributed by atoms with Gasteiger partial charge in [-0.3, -0.25) is 4.79 Å². The zero-order valence-corrected chi connectivity index (χ0v) is 21.3. The summed E-state index contributed by atoms with van der Waals surface area (Å²) in [5, 5.41) is 23.3. The summed E-state index contributed by atoms with van der Waals surface area (Å²) in [6.07, 6.45) is 5.83. The Balaban J connectivity index is 0.00000210. The molecule has 29 heavy (non-hydrogen) atoms. The summed E-state index contributed by atoms with van der Waals surface area (Å²) >= 11 is 0. The third kappa shape index (κ3) is 6.38. The van der Waals surface area contributed by atoms with E-state index in [1.807, 2.05) is 0 Å². The predicted molar refractivity (Wildman–Crippen MR) is 99.7 cm³/mol. The standard InChI is InChI=1S/C22H22O5.2Na/c1-26-20-12-14(6-8-18(20)23)10-16-4-3-5-17(22(16)25)11-15-7-9-19(24)21(13-15)27-2;;/h6-13,23-24H,3-5H2,1-2H3;;/q;2*+1/p-2. The van der Waals surface area contributed by atoms with Crippen LogP contribution in [0.15, 0.2) is 47.5 Å². The molecule has 0 N–H and O–H groups in total. The molecular formula is C22H20Na2O5. The third-order valence-electron chi connectivity index (χ3n) is 4.53. The van der Waals surface area contributed by atoms with E-state index in [1.165, 1.54) is 26.4 Å². The van der Waals surface area contributed by atoms with Gasteiger partial charge in [-0.2, -0.15) is 0 Å². The topological polar surface area (TPSA) is 81.6 Å². The summed E-state index contributed by atoms with van der Waals surface area (Å²) in [4.78, 5) is 12.9. The maximum absolute atomic E-state index is 12.9. The van der Waals surface area contributed by atoms with Crippen molar-refractivity contribution < 1.29 is 83.6 Å². The maximum Gasteiger partial charge on any atom is 1.00 e. The van der Waals surface area contributed by atoms with E-state index in [1.54, 1.807) is 36.4 Å². The van der Waals surface area contributed by atoms with Crippen molar-refractivity contribution in [2.75, 3.05) is 14.2 Å². The molecule has 2 aromatic carbocycles. The normalized spacial score (nSPS) is 16.1. The molecule has 0 radical (unpaired) electrons. The molecule has 0 aliphatic heterocycles. The summed E-state index contributed by atoms with van der Waals surface area (Å²) in [7, 11) is 2.89. The van der Waals surface area contributed by atoms with Crippen LogP contribution in [0, 0.1) is 0 Å². The van der Waals surface area contributed by atoms with E-state index in [4.69, 9.17) is 9.47 Å². The first-order chi connectivity index (χ1) is 13.0. The zero-order chi connectivity index (χ0) is 19.4. The molecule has 1 aliphatic carbocycles. The fourth-order valence-electron chi connectivity index (χ4n) is 3.13. The van der Waals surface area contributed by atoms with Gasteiger partial charge in [0.1, 0.15) is 11.5 Å². The van der Waals surface area contributed by atoms with Gasteiger partial charge in [-0.25, -0.2) is 0 Å². The number of hydrogen-bond acceptors (Lipinski definition) is 5. The number of hydrogen-bond donors (Lipinski definition) is 0. The van der Waals surface area contributed by atoms with Crippen LogP contribution in [0.5, 0.6) is 23.0 Å². The average molecular weight is 410 g/mol. The number of carbonyl (C=O) groups is 1. The van der Waals surface area contributed by atoms with Crippen molar-refractivity contribution in [3.63, 3.8) is 0 Å². The van der Waals surface area contributed by atoms with Crippen molar-refractivity contribution in [2.24, 2.45) is 0 Å². The van der Waals surface area contributed by atoms with Crippen molar-refractivity contribution in [3.05, 3.63) is 58.7 Å². The van der Waals surface area contributed by atoms with Gasteiger partial charge in [-0.1, -0.05) is 35.8 Å². The molecule has 0 bridgehead atoms. The van der Waals surface area contributed by atoms with Gasteiger partial charge in [0.2, 0.25) is 0 Å². The van der Waals surface area contributed by atoms with Gasteiger partial charge >= 0.3 is 59.1 Å². The van der Waals surface area contributed by atoms with Gasteiger partial charge < -0.3 is 19.7 Å². The van der Waals surface area contributed by atoms with Crippen LogP contribution in [0.1, 0.15) is 30.4 Å². The largest absolute Gasteiger partial charge is 1.00 e. The second kappa shape index (κ2) is 11.8. The van der Waals surface area contributed by atoms with Crippen LogP contribution in [-0.4, -0.2) is 20.0 Å². The van der Waals surface area contributed by atoms with Crippen molar-refractivity contribution in [2.45, 2.75) is 19.3 Å². The van der Waals surface area contributed by atoms with Gasteiger partial charge in [0.05, 0.1) is 14.2 Å². The van der Waals surface area contributed by atoms with Crippen molar-refractivity contribution in [1.82, 2.24) is 0 Å². The Bertz CT molecular complexity index is 861. The molecule has 0 aromatic heterocycles. The molecule has 1 saturated carbocycles. The number of ketones is 1. The molecule has 0 unspecified atom stereocenters. The van der Waals surface area contributed by atoms with Crippen LogP contribution in [0.2, 0.25) is 0 Å². The minimum Gasteiger partial charge on any atom is -0.870 e. The second-order valence-corrected chi connectivity index (χ2v) is 6.34. The van der Waals surface area contributed by atoms with E-state index in [-0.39, 0.29) is 87.9 Å². The van der Waals surface area contributed by atoms with E-state index < -0.39 is 0 Å².